The maximum Gasteiger partial charge on any atom is 0.253 e. The monoisotopic (exact) mass is 274 g/mol. The fourth-order valence-corrected chi connectivity index (χ4v) is 2.89. The number of amides is 1. The van der Waals surface area contributed by atoms with E-state index in [9.17, 15) is 4.79 Å². The Labute approximate surface area is 122 Å². The molecular formula is C17H26N2O. The van der Waals surface area contributed by atoms with E-state index in [2.05, 4.69) is 26.1 Å². The molecule has 1 aromatic rings. The molecule has 2 rings (SSSR count). The van der Waals surface area contributed by atoms with Gasteiger partial charge in [0.05, 0.1) is 0 Å². The molecule has 0 saturated carbocycles. The summed E-state index contributed by atoms with van der Waals surface area (Å²) < 4.78 is 0. The standard InChI is InChI=1S/C17H26N2O/c1-4-18-16-7-5-15(6-8-16)17(20)19-11-9-14(10-12-19)13(2)3/h5-8,13-14,18H,4,9-12H2,1-3H3. The quantitative estimate of drug-likeness (QED) is 0.909. The van der Waals surface area contributed by atoms with Crippen molar-refractivity contribution in [2.75, 3.05) is 25.0 Å². The summed E-state index contributed by atoms with van der Waals surface area (Å²) in [5.41, 5.74) is 1.87. The fraction of sp³-hybridized carbons (Fsp3) is 0.588. The Balaban J connectivity index is 1.94. The number of likely N-dealkylation sites (tertiary alicyclic amines) is 1. The minimum absolute atomic E-state index is 0.176. The van der Waals surface area contributed by atoms with Crippen LogP contribution in [0.4, 0.5) is 5.69 Å². The second-order valence-electron chi connectivity index (χ2n) is 5.98. The molecule has 1 heterocycles. The van der Waals surface area contributed by atoms with Crippen molar-refractivity contribution in [1.29, 1.82) is 0 Å². The number of hydrogen-bond donors (Lipinski definition) is 1. The summed E-state index contributed by atoms with van der Waals surface area (Å²) >= 11 is 0. The Morgan fingerprint density at radius 3 is 2.35 bits per heavy atom. The van der Waals surface area contributed by atoms with Crippen LogP contribution in [0.15, 0.2) is 24.3 Å². The highest BCUT2D eigenvalue weighted by atomic mass is 16.2. The van der Waals surface area contributed by atoms with E-state index in [-0.39, 0.29) is 5.91 Å². The summed E-state index contributed by atoms with van der Waals surface area (Å²) in [6.45, 7) is 9.32. The average molecular weight is 274 g/mol. The van der Waals surface area contributed by atoms with Crippen LogP contribution in [-0.4, -0.2) is 30.4 Å². The molecule has 1 amide bonds. The van der Waals surface area contributed by atoms with Crippen LogP contribution >= 0.6 is 0 Å². The van der Waals surface area contributed by atoms with Crippen molar-refractivity contribution in [2.45, 2.75) is 33.6 Å². The lowest BCUT2D eigenvalue weighted by Crippen LogP contribution is -2.39. The molecule has 0 unspecified atom stereocenters. The van der Waals surface area contributed by atoms with Crippen molar-refractivity contribution >= 4 is 11.6 Å². The molecule has 0 aromatic heterocycles. The second-order valence-corrected chi connectivity index (χ2v) is 5.98. The lowest BCUT2D eigenvalue weighted by atomic mass is 9.86. The van der Waals surface area contributed by atoms with Gasteiger partial charge in [0, 0.05) is 30.9 Å². The maximum atomic E-state index is 12.5. The van der Waals surface area contributed by atoms with Crippen molar-refractivity contribution in [3.63, 3.8) is 0 Å². The fourth-order valence-electron chi connectivity index (χ4n) is 2.89. The van der Waals surface area contributed by atoms with E-state index < -0.39 is 0 Å². The molecule has 0 bridgehead atoms. The number of carbonyl (C=O) groups is 1. The number of benzene rings is 1. The zero-order valence-corrected chi connectivity index (χ0v) is 12.9. The average Bonchev–Trinajstić information content (AvgIpc) is 2.48. The van der Waals surface area contributed by atoms with Crippen molar-refractivity contribution in [1.82, 2.24) is 4.90 Å². The van der Waals surface area contributed by atoms with Gasteiger partial charge < -0.3 is 10.2 Å². The van der Waals surface area contributed by atoms with Gasteiger partial charge in [-0.3, -0.25) is 4.79 Å². The molecule has 1 aliphatic rings. The number of nitrogens with zero attached hydrogens (tertiary/aromatic N) is 1. The number of piperidine rings is 1. The number of rotatable bonds is 4. The number of nitrogens with one attached hydrogen (secondary N) is 1. The molecule has 1 N–H and O–H groups in total. The first-order valence-electron chi connectivity index (χ1n) is 7.75. The van der Waals surface area contributed by atoms with E-state index in [0.717, 1.165) is 55.6 Å². The Morgan fingerprint density at radius 1 is 1.25 bits per heavy atom. The predicted molar refractivity (Wildman–Crippen MR) is 84.1 cm³/mol. The first-order chi connectivity index (χ1) is 9.61. The predicted octanol–water partition coefficient (Wildman–Crippen LogP) is 3.63. The van der Waals surface area contributed by atoms with Gasteiger partial charge >= 0.3 is 0 Å². The first kappa shape index (κ1) is 14.9. The molecule has 0 spiro atoms. The van der Waals surface area contributed by atoms with E-state index in [1.807, 2.05) is 29.2 Å². The van der Waals surface area contributed by atoms with Gasteiger partial charge in [-0.2, -0.15) is 0 Å². The van der Waals surface area contributed by atoms with Crippen LogP contribution < -0.4 is 5.32 Å². The lowest BCUT2D eigenvalue weighted by molar-refractivity contribution is 0.0668. The van der Waals surface area contributed by atoms with E-state index in [4.69, 9.17) is 0 Å². The van der Waals surface area contributed by atoms with Gasteiger partial charge in [-0.05, 0) is 55.9 Å². The minimum Gasteiger partial charge on any atom is -0.385 e. The number of anilines is 1. The molecule has 1 fully saturated rings. The Hall–Kier alpha value is -1.51. The van der Waals surface area contributed by atoms with Gasteiger partial charge in [-0.15, -0.1) is 0 Å². The zero-order valence-electron chi connectivity index (χ0n) is 12.9. The zero-order chi connectivity index (χ0) is 14.5. The van der Waals surface area contributed by atoms with E-state index in [1.54, 1.807) is 0 Å². The molecule has 1 saturated heterocycles. The smallest absolute Gasteiger partial charge is 0.253 e. The lowest BCUT2D eigenvalue weighted by Gasteiger charge is -2.34. The molecule has 110 valence electrons. The van der Waals surface area contributed by atoms with Crippen LogP contribution in [0.2, 0.25) is 0 Å². The van der Waals surface area contributed by atoms with E-state index >= 15 is 0 Å². The molecule has 0 radical (unpaired) electrons. The third-order valence-electron chi connectivity index (χ3n) is 4.28. The molecule has 1 aliphatic heterocycles. The molecule has 1 aromatic carbocycles. The van der Waals surface area contributed by atoms with E-state index in [0.29, 0.717) is 0 Å². The summed E-state index contributed by atoms with van der Waals surface area (Å²) in [6.07, 6.45) is 2.28. The largest absolute Gasteiger partial charge is 0.385 e. The normalized spacial score (nSPS) is 16.5. The van der Waals surface area contributed by atoms with Gasteiger partial charge in [0.1, 0.15) is 0 Å². The summed E-state index contributed by atoms with van der Waals surface area (Å²) in [4.78, 5) is 14.5. The van der Waals surface area contributed by atoms with Gasteiger partial charge in [-0.1, -0.05) is 13.8 Å². The van der Waals surface area contributed by atoms with E-state index in [1.165, 1.54) is 0 Å². The molecule has 3 heteroatoms. The van der Waals surface area contributed by atoms with Crippen LogP contribution in [0.1, 0.15) is 44.0 Å². The third-order valence-corrected chi connectivity index (χ3v) is 4.28. The molecular weight excluding hydrogens is 248 g/mol. The van der Waals surface area contributed by atoms with Crippen molar-refractivity contribution in [3.05, 3.63) is 29.8 Å². The van der Waals surface area contributed by atoms with Crippen LogP contribution in [0, 0.1) is 11.8 Å². The summed E-state index contributed by atoms with van der Waals surface area (Å²) in [6, 6.07) is 7.82. The van der Waals surface area contributed by atoms with Crippen molar-refractivity contribution in [3.8, 4) is 0 Å². The Kier molecular flexibility index (Phi) is 5.05. The summed E-state index contributed by atoms with van der Waals surface area (Å²) in [5, 5.41) is 3.25. The summed E-state index contributed by atoms with van der Waals surface area (Å²) in [5.74, 6) is 1.68. The van der Waals surface area contributed by atoms with Crippen molar-refractivity contribution < 1.29 is 4.79 Å². The second kappa shape index (κ2) is 6.78. The van der Waals surface area contributed by atoms with Crippen LogP contribution in [0.25, 0.3) is 0 Å². The van der Waals surface area contributed by atoms with Crippen LogP contribution in [0.3, 0.4) is 0 Å². The highest BCUT2D eigenvalue weighted by molar-refractivity contribution is 5.94. The molecule has 3 nitrogen and oxygen atoms in total. The number of carbonyl (C=O) groups excluding carboxylic acids is 1. The van der Waals surface area contributed by atoms with Gasteiger partial charge in [0.15, 0.2) is 0 Å². The highest BCUT2D eigenvalue weighted by Crippen LogP contribution is 2.25. The third kappa shape index (κ3) is 3.53. The number of hydrogen-bond acceptors (Lipinski definition) is 2. The Bertz CT molecular complexity index is 431. The first-order valence-corrected chi connectivity index (χ1v) is 7.75. The SMILES string of the molecule is CCNc1ccc(C(=O)N2CCC(C(C)C)CC2)cc1. The van der Waals surface area contributed by atoms with Crippen molar-refractivity contribution in [2.24, 2.45) is 11.8 Å². The molecule has 0 atom stereocenters. The Morgan fingerprint density at radius 2 is 1.85 bits per heavy atom. The minimum atomic E-state index is 0.176. The van der Waals surface area contributed by atoms with Crippen LogP contribution in [0.5, 0.6) is 0 Å². The topological polar surface area (TPSA) is 32.3 Å². The highest BCUT2D eigenvalue weighted by Gasteiger charge is 2.25. The molecule has 20 heavy (non-hydrogen) atoms. The summed E-state index contributed by atoms with van der Waals surface area (Å²) in [7, 11) is 0. The van der Waals surface area contributed by atoms with Gasteiger partial charge in [-0.25, -0.2) is 0 Å². The maximum absolute atomic E-state index is 12.5. The van der Waals surface area contributed by atoms with Gasteiger partial charge in [0.2, 0.25) is 0 Å². The molecule has 0 aliphatic carbocycles. The van der Waals surface area contributed by atoms with Gasteiger partial charge in [0.25, 0.3) is 5.91 Å². The van der Waals surface area contributed by atoms with Crippen LogP contribution in [-0.2, 0) is 0 Å².